The van der Waals surface area contributed by atoms with E-state index >= 15 is 0 Å². The van der Waals surface area contributed by atoms with Crippen molar-refractivity contribution in [2.45, 2.75) is 12.8 Å². The third-order valence-corrected chi connectivity index (χ3v) is 1.28. The van der Waals surface area contributed by atoms with E-state index in [1.807, 2.05) is 0 Å². The van der Waals surface area contributed by atoms with Crippen LogP contribution in [0.15, 0.2) is 5.22 Å². The quantitative estimate of drug-likeness (QED) is 0.237. The van der Waals surface area contributed by atoms with Gasteiger partial charge in [-0.05, 0) is 12.8 Å². The molecule has 0 aromatic carbocycles. The average Bonchev–Trinajstić information content (AvgIpc) is 2.15. The van der Waals surface area contributed by atoms with Crippen LogP contribution in [-0.4, -0.2) is 23.1 Å². The molecular formula is C4H8N3NaO2. The molecule has 1 saturated heterocycles. The first kappa shape index (κ1) is 10.0. The maximum Gasteiger partial charge on any atom is 1.00 e. The fourth-order valence-corrected chi connectivity index (χ4v) is 0.893. The van der Waals surface area contributed by atoms with E-state index in [1.165, 1.54) is 5.01 Å². The number of hydrogen-bond donors (Lipinski definition) is 0. The van der Waals surface area contributed by atoms with Gasteiger partial charge in [-0.25, -0.2) is 0 Å². The molecule has 1 heterocycles. The van der Waals surface area contributed by atoms with Crippen LogP contribution >= 0.6 is 0 Å². The van der Waals surface area contributed by atoms with E-state index in [-0.39, 0.29) is 29.6 Å². The van der Waals surface area contributed by atoms with Crippen LogP contribution in [0.4, 0.5) is 0 Å². The second-order valence-corrected chi connectivity index (χ2v) is 1.99. The molecule has 0 aromatic heterocycles. The van der Waals surface area contributed by atoms with E-state index in [2.05, 4.69) is 5.22 Å². The standard InChI is InChI=1S/C4H8N3O2.Na/c8-7(9)5-6-3-1-2-4-6;/h1-4H2;/q-1;+1. The fraction of sp³-hybridized carbons (Fsp3) is 1.00. The van der Waals surface area contributed by atoms with Crippen molar-refractivity contribution < 1.29 is 34.6 Å². The van der Waals surface area contributed by atoms with Crippen LogP contribution in [-0.2, 0) is 0 Å². The van der Waals surface area contributed by atoms with E-state index < -0.39 is 5.02 Å². The Kier molecular flexibility index (Phi) is 4.76. The van der Waals surface area contributed by atoms with Gasteiger partial charge in [0, 0.05) is 0 Å². The number of nitrogens with zero attached hydrogens (tertiary/aromatic N) is 3. The monoisotopic (exact) mass is 153 g/mol. The second-order valence-electron chi connectivity index (χ2n) is 1.99. The van der Waals surface area contributed by atoms with Crippen molar-refractivity contribution in [3.63, 3.8) is 0 Å². The molecular weight excluding hydrogens is 145 g/mol. The second kappa shape index (κ2) is 4.76. The molecule has 10 heavy (non-hydrogen) atoms. The molecule has 5 nitrogen and oxygen atoms in total. The first-order chi connectivity index (χ1) is 4.29. The summed E-state index contributed by atoms with van der Waals surface area (Å²) in [6.45, 7) is 1.47. The van der Waals surface area contributed by atoms with Gasteiger partial charge in [0.1, 0.15) is 13.1 Å². The van der Waals surface area contributed by atoms with E-state index in [4.69, 9.17) is 0 Å². The Balaban J connectivity index is 0.000000810. The van der Waals surface area contributed by atoms with E-state index in [1.54, 1.807) is 0 Å². The zero-order chi connectivity index (χ0) is 6.69. The molecule has 0 spiro atoms. The van der Waals surface area contributed by atoms with Crippen molar-refractivity contribution in [1.29, 1.82) is 0 Å². The molecule has 0 amide bonds. The molecule has 6 heteroatoms. The summed E-state index contributed by atoms with van der Waals surface area (Å²) in [6, 6.07) is 0. The third-order valence-electron chi connectivity index (χ3n) is 1.28. The zero-order valence-electron chi connectivity index (χ0n) is 5.99. The van der Waals surface area contributed by atoms with Crippen LogP contribution in [0, 0.1) is 10.4 Å². The first-order valence-electron chi connectivity index (χ1n) is 2.90. The van der Waals surface area contributed by atoms with Gasteiger partial charge in [0.05, 0.1) is 5.22 Å². The van der Waals surface area contributed by atoms with Gasteiger partial charge in [0.25, 0.3) is 0 Å². The Morgan fingerprint density at radius 3 is 2.10 bits per heavy atom. The summed E-state index contributed by atoms with van der Waals surface area (Å²) in [7, 11) is 0. The molecule has 0 aromatic rings. The summed E-state index contributed by atoms with van der Waals surface area (Å²) < 4.78 is 0. The molecule has 52 valence electrons. The van der Waals surface area contributed by atoms with Gasteiger partial charge in [0.2, 0.25) is 0 Å². The van der Waals surface area contributed by atoms with Crippen molar-refractivity contribution in [3.05, 3.63) is 10.4 Å². The normalized spacial score (nSPS) is 16.2. The minimum absolute atomic E-state index is 0. The smallest absolute Gasteiger partial charge is 0.692 e. The predicted molar refractivity (Wildman–Crippen MR) is 30.2 cm³/mol. The van der Waals surface area contributed by atoms with Crippen LogP contribution in [0.2, 0.25) is 0 Å². The van der Waals surface area contributed by atoms with Gasteiger partial charge in [-0.3, -0.25) is 0 Å². The van der Waals surface area contributed by atoms with E-state index in [0.717, 1.165) is 25.9 Å². The Morgan fingerprint density at radius 2 is 1.70 bits per heavy atom. The molecule has 0 radical (unpaired) electrons. The van der Waals surface area contributed by atoms with Crippen molar-refractivity contribution >= 4 is 0 Å². The van der Waals surface area contributed by atoms with Gasteiger partial charge >= 0.3 is 29.6 Å². The molecule has 1 aliphatic heterocycles. The Hall–Kier alpha value is 0.0000000000000000555. The number of hydrogen-bond acceptors (Lipinski definition) is 3. The molecule has 0 N–H and O–H groups in total. The summed E-state index contributed by atoms with van der Waals surface area (Å²) in [6.07, 6.45) is 2.05. The Bertz CT molecular complexity index is 120. The van der Waals surface area contributed by atoms with Crippen molar-refractivity contribution in [2.24, 2.45) is 5.22 Å². The van der Waals surface area contributed by atoms with Crippen LogP contribution in [0.25, 0.3) is 0 Å². The summed E-state index contributed by atoms with van der Waals surface area (Å²) in [5.74, 6) is 0. The fourth-order valence-electron chi connectivity index (χ4n) is 0.893. The van der Waals surface area contributed by atoms with Gasteiger partial charge < -0.3 is 10.4 Å². The van der Waals surface area contributed by atoms with E-state index in [0.29, 0.717) is 0 Å². The topological polar surface area (TPSA) is 64.7 Å². The zero-order valence-corrected chi connectivity index (χ0v) is 7.99. The Morgan fingerprint density at radius 1 is 1.20 bits per heavy atom. The summed E-state index contributed by atoms with van der Waals surface area (Å²) in [4.78, 5) is 0. The SMILES string of the molecule is [Na+].[O-][N+]([O-])=NN1CCCC1. The maximum absolute atomic E-state index is 9.75. The minimum Gasteiger partial charge on any atom is -0.692 e. The molecule has 1 fully saturated rings. The predicted octanol–water partition coefficient (Wildman–Crippen LogP) is -2.54. The first-order valence-corrected chi connectivity index (χ1v) is 2.90. The van der Waals surface area contributed by atoms with Crippen molar-refractivity contribution in [1.82, 2.24) is 5.01 Å². The third kappa shape index (κ3) is 3.24. The van der Waals surface area contributed by atoms with Crippen LogP contribution < -0.4 is 29.6 Å². The van der Waals surface area contributed by atoms with Crippen LogP contribution in [0.5, 0.6) is 0 Å². The molecule has 0 saturated carbocycles. The van der Waals surface area contributed by atoms with Gasteiger partial charge in [0.15, 0.2) is 0 Å². The Labute approximate surface area is 81.1 Å². The minimum atomic E-state index is -0.648. The van der Waals surface area contributed by atoms with Crippen LogP contribution in [0.3, 0.4) is 0 Å². The molecule has 1 aliphatic rings. The molecule has 0 unspecified atom stereocenters. The molecule has 0 aliphatic carbocycles. The van der Waals surface area contributed by atoms with Crippen LogP contribution in [0.1, 0.15) is 12.8 Å². The maximum atomic E-state index is 9.75. The number of rotatable bonds is 1. The largest absolute Gasteiger partial charge is 1.00 e. The van der Waals surface area contributed by atoms with Gasteiger partial charge in [-0.1, -0.05) is 0 Å². The summed E-state index contributed by atoms with van der Waals surface area (Å²) in [5.41, 5.74) is 0. The van der Waals surface area contributed by atoms with Gasteiger partial charge in [-0.2, -0.15) is 10.0 Å². The van der Waals surface area contributed by atoms with Crippen molar-refractivity contribution in [2.75, 3.05) is 13.1 Å². The van der Waals surface area contributed by atoms with E-state index in [9.17, 15) is 10.4 Å². The molecule has 0 atom stereocenters. The summed E-state index contributed by atoms with van der Waals surface area (Å²) in [5, 5.41) is 23.5. The molecule has 0 bridgehead atoms. The average molecular weight is 153 g/mol. The van der Waals surface area contributed by atoms with Gasteiger partial charge in [-0.15, -0.1) is 0 Å². The van der Waals surface area contributed by atoms with Crippen molar-refractivity contribution in [3.8, 4) is 0 Å². The molecule has 1 rings (SSSR count). The summed E-state index contributed by atoms with van der Waals surface area (Å²) >= 11 is 0.